The van der Waals surface area contributed by atoms with E-state index in [0.29, 0.717) is 19.5 Å². The number of hydrogen-bond donors (Lipinski definition) is 3. The summed E-state index contributed by atoms with van der Waals surface area (Å²) in [6.07, 6.45) is 2.20. The van der Waals surface area contributed by atoms with Crippen molar-refractivity contribution >= 4 is 33.3 Å². The number of aryl methyl sites for hydroxylation is 2. The third-order valence-corrected chi connectivity index (χ3v) is 4.56. The molecule has 0 saturated carbocycles. The predicted molar refractivity (Wildman–Crippen MR) is 86.7 cm³/mol. The average Bonchev–Trinajstić information content (AvgIpc) is 2.78. The van der Waals surface area contributed by atoms with Crippen LogP contribution in [0, 0.1) is 13.8 Å². The fourth-order valence-corrected chi connectivity index (χ4v) is 3.13. The Morgan fingerprint density at radius 2 is 2.19 bits per heavy atom. The number of thiophene rings is 1. The van der Waals surface area contributed by atoms with Crippen LogP contribution in [0.15, 0.2) is 6.33 Å². The average molecular weight is 307 g/mol. The van der Waals surface area contributed by atoms with Gasteiger partial charge in [0.05, 0.1) is 5.39 Å². The van der Waals surface area contributed by atoms with Crippen molar-refractivity contribution in [2.45, 2.75) is 33.2 Å². The standard InChI is InChI=1S/C14H21N5OS/c1-4-10(13(20)16-6-5-15)19-12-11-8(2)9(3)21-14(11)18-7-17-12/h7,10H,4-6,15H2,1-3H3,(H,16,20)(H,17,18,19). The van der Waals surface area contributed by atoms with E-state index in [1.165, 1.54) is 11.2 Å². The topological polar surface area (TPSA) is 92.9 Å². The summed E-state index contributed by atoms with van der Waals surface area (Å²) in [5, 5.41) is 7.05. The summed E-state index contributed by atoms with van der Waals surface area (Å²) in [7, 11) is 0. The molecule has 2 heterocycles. The number of nitrogens with two attached hydrogens (primary N) is 1. The molecule has 1 amide bonds. The maximum absolute atomic E-state index is 12.1. The second-order valence-corrected chi connectivity index (χ2v) is 6.07. The van der Waals surface area contributed by atoms with Gasteiger partial charge in [-0.1, -0.05) is 6.92 Å². The van der Waals surface area contributed by atoms with Crippen LogP contribution in [-0.4, -0.2) is 35.0 Å². The van der Waals surface area contributed by atoms with Crippen molar-refractivity contribution in [2.24, 2.45) is 5.73 Å². The summed E-state index contributed by atoms with van der Waals surface area (Å²) in [4.78, 5) is 22.9. The third kappa shape index (κ3) is 3.30. The lowest BCUT2D eigenvalue weighted by Gasteiger charge is -2.17. The Labute approximate surface area is 128 Å². The summed E-state index contributed by atoms with van der Waals surface area (Å²) in [6, 6.07) is -0.325. The lowest BCUT2D eigenvalue weighted by Crippen LogP contribution is -2.41. The molecule has 6 nitrogen and oxygen atoms in total. The molecule has 0 aliphatic carbocycles. The number of carbonyl (C=O) groups is 1. The Hall–Kier alpha value is -1.73. The number of anilines is 1. The van der Waals surface area contributed by atoms with Crippen molar-refractivity contribution in [3.8, 4) is 0 Å². The number of nitrogens with one attached hydrogen (secondary N) is 2. The molecular formula is C14H21N5OS. The number of rotatable bonds is 6. The zero-order chi connectivity index (χ0) is 15.4. The SMILES string of the molecule is CCC(Nc1ncnc2sc(C)c(C)c12)C(=O)NCCN. The number of hydrogen-bond acceptors (Lipinski definition) is 6. The molecular weight excluding hydrogens is 286 g/mol. The summed E-state index contributed by atoms with van der Waals surface area (Å²) >= 11 is 1.64. The van der Waals surface area contributed by atoms with Crippen molar-refractivity contribution in [1.29, 1.82) is 0 Å². The quantitative estimate of drug-likeness (QED) is 0.753. The van der Waals surface area contributed by atoms with Gasteiger partial charge in [-0.3, -0.25) is 4.79 Å². The van der Waals surface area contributed by atoms with Gasteiger partial charge >= 0.3 is 0 Å². The largest absolute Gasteiger partial charge is 0.358 e. The molecule has 0 saturated heterocycles. The molecule has 114 valence electrons. The first-order valence-electron chi connectivity index (χ1n) is 7.03. The van der Waals surface area contributed by atoms with Gasteiger partial charge in [0.1, 0.15) is 23.0 Å². The molecule has 2 aromatic heterocycles. The van der Waals surface area contributed by atoms with Gasteiger partial charge in [0.2, 0.25) is 5.91 Å². The molecule has 0 aromatic carbocycles. The van der Waals surface area contributed by atoms with E-state index in [2.05, 4.69) is 34.4 Å². The maximum Gasteiger partial charge on any atom is 0.242 e. The Balaban J connectivity index is 2.27. The molecule has 0 bridgehead atoms. The van der Waals surface area contributed by atoms with Gasteiger partial charge in [0, 0.05) is 18.0 Å². The molecule has 0 aliphatic rings. The van der Waals surface area contributed by atoms with Gasteiger partial charge in [-0.15, -0.1) is 11.3 Å². The summed E-state index contributed by atoms with van der Waals surface area (Å²) in [6.45, 7) is 6.99. The first kappa shape index (κ1) is 15.7. The maximum atomic E-state index is 12.1. The Morgan fingerprint density at radius 1 is 1.43 bits per heavy atom. The highest BCUT2D eigenvalue weighted by Crippen LogP contribution is 2.32. The van der Waals surface area contributed by atoms with Crippen molar-refractivity contribution in [1.82, 2.24) is 15.3 Å². The predicted octanol–water partition coefficient (Wildman–Crippen LogP) is 1.57. The smallest absolute Gasteiger partial charge is 0.242 e. The van der Waals surface area contributed by atoms with Gasteiger partial charge in [0.15, 0.2) is 0 Å². The molecule has 0 radical (unpaired) electrons. The molecule has 4 N–H and O–H groups in total. The van der Waals surface area contributed by atoms with E-state index in [-0.39, 0.29) is 11.9 Å². The van der Waals surface area contributed by atoms with E-state index in [1.807, 2.05) is 6.92 Å². The fourth-order valence-electron chi connectivity index (χ4n) is 2.13. The minimum atomic E-state index is -0.325. The van der Waals surface area contributed by atoms with E-state index < -0.39 is 0 Å². The van der Waals surface area contributed by atoms with Crippen LogP contribution in [0.5, 0.6) is 0 Å². The molecule has 21 heavy (non-hydrogen) atoms. The van der Waals surface area contributed by atoms with Crippen LogP contribution in [-0.2, 0) is 4.79 Å². The molecule has 7 heteroatoms. The molecule has 2 rings (SSSR count). The second-order valence-electron chi connectivity index (χ2n) is 4.87. The van der Waals surface area contributed by atoms with E-state index in [1.54, 1.807) is 11.3 Å². The highest BCUT2D eigenvalue weighted by Gasteiger charge is 2.19. The van der Waals surface area contributed by atoms with Crippen LogP contribution >= 0.6 is 11.3 Å². The molecule has 0 aliphatic heterocycles. The van der Waals surface area contributed by atoms with Crippen molar-refractivity contribution < 1.29 is 4.79 Å². The van der Waals surface area contributed by atoms with Crippen LogP contribution in [0.2, 0.25) is 0 Å². The third-order valence-electron chi connectivity index (χ3n) is 3.44. The number of amides is 1. The van der Waals surface area contributed by atoms with Crippen LogP contribution in [0.25, 0.3) is 10.2 Å². The summed E-state index contributed by atoms with van der Waals surface area (Å²) in [5.74, 6) is 0.663. The number of fused-ring (bicyclic) bond motifs is 1. The molecule has 1 unspecified atom stereocenters. The Morgan fingerprint density at radius 3 is 2.86 bits per heavy atom. The first-order chi connectivity index (χ1) is 10.1. The zero-order valence-corrected chi connectivity index (χ0v) is 13.4. The van der Waals surface area contributed by atoms with Gasteiger partial charge in [-0.25, -0.2) is 9.97 Å². The normalized spacial score (nSPS) is 12.4. The molecule has 1 atom stereocenters. The van der Waals surface area contributed by atoms with Gasteiger partial charge in [-0.2, -0.15) is 0 Å². The first-order valence-corrected chi connectivity index (χ1v) is 7.85. The van der Waals surface area contributed by atoms with Gasteiger partial charge in [0.25, 0.3) is 0 Å². The zero-order valence-electron chi connectivity index (χ0n) is 12.6. The molecule has 2 aromatic rings. The number of carbonyl (C=O) groups excluding carboxylic acids is 1. The van der Waals surface area contributed by atoms with Gasteiger partial charge in [-0.05, 0) is 25.8 Å². The lowest BCUT2D eigenvalue weighted by molar-refractivity contribution is -0.121. The van der Waals surface area contributed by atoms with Crippen LogP contribution in [0.1, 0.15) is 23.8 Å². The fraction of sp³-hybridized carbons (Fsp3) is 0.500. The number of aromatic nitrogens is 2. The summed E-state index contributed by atoms with van der Waals surface area (Å²) < 4.78 is 0. The van der Waals surface area contributed by atoms with Crippen molar-refractivity contribution in [3.63, 3.8) is 0 Å². The van der Waals surface area contributed by atoms with Gasteiger partial charge < -0.3 is 16.4 Å². The van der Waals surface area contributed by atoms with Crippen LogP contribution in [0.4, 0.5) is 5.82 Å². The second kappa shape index (κ2) is 6.82. The Kier molecular flexibility index (Phi) is 5.08. The van der Waals surface area contributed by atoms with E-state index in [9.17, 15) is 4.79 Å². The van der Waals surface area contributed by atoms with Crippen LogP contribution in [0.3, 0.4) is 0 Å². The monoisotopic (exact) mass is 307 g/mol. The lowest BCUT2D eigenvalue weighted by atomic mass is 10.1. The van der Waals surface area contributed by atoms with Crippen molar-refractivity contribution in [2.75, 3.05) is 18.4 Å². The highest BCUT2D eigenvalue weighted by atomic mass is 32.1. The number of nitrogens with zero attached hydrogens (tertiary/aromatic N) is 2. The molecule has 0 fully saturated rings. The minimum absolute atomic E-state index is 0.0562. The minimum Gasteiger partial charge on any atom is -0.358 e. The van der Waals surface area contributed by atoms with E-state index in [4.69, 9.17) is 5.73 Å². The van der Waals surface area contributed by atoms with Crippen molar-refractivity contribution in [3.05, 3.63) is 16.8 Å². The molecule has 0 spiro atoms. The highest BCUT2D eigenvalue weighted by molar-refractivity contribution is 7.18. The Bertz CT molecular complexity index is 640. The van der Waals surface area contributed by atoms with Crippen LogP contribution < -0.4 is 16.4 Å². The summed E-state index contributed by atoms with van der Waals surface area (Å²) in [5.41, 5.74) is 6.58. The van der Waals surface area contributed by atoms with E-state index >= 15 is 0 Å². The van der Waals surface area contributed by atoms with E-state index in [0.717, 1.165) is 21.6 Å².